The molecule has 2 atom stereocenters. The van der Waals surface area contributed by atoms with Crippen LogP contribution in [0.3, 0.4) is 0 Å². The minimum absolute atomic E-state index is 0.000000000000000444. The van der Waals surface area contributed by atoms with Crippen molar-refractivity contribution in [2.24, 2.45) is 33.0 Å². The Kier molecular flexibility index (Phi) is 13.8. The molecule has 44 heavy (non-hydrogen) atoms. The van der Waals surface area contributed by atoms with E-state index in [2.05, 4.69) is 46.9 Å². The average molecular weight is 648 g/mol. The fraction of sp³-hybridized carbons (Fsp3) is 1.00. The van der Waals surface area contributed by atoms with Crippen LogP contribution >= 0.6 is 0 Å². The van der Waals surface area contributed by atoms with Crippen LogP contribution in [-0.2, 0) is 4.74 Å². The highest BCUT2D eigenvalue weighted by molar-refractivity contribution is 5.01. The maximum atomic E-state index is 12.7. The lowest BCUT2D eigenvalue weighted by atomic mass is 9.66. The van der Waals surface area contributed by atoms with Gasteiger partial charge in [-0.1, -0.05) is 83.1 Å². The number of ether oxygens (including phenoxy) is 1. The quantitative estimate of drug-likeness (QED) is 0.308. The van der Waals surface area contributed by atoms with E-state index in [0.29, 0.717) is 24.4 Å². The van der Waals surface area contributed by atoms with E-state index in [1.54, 1.807) is 0 Å². The Morgan fingerprint density at radius 2 is 1.18 bits per heavy atom. The molecule has 0 aromatic rings. The first kappa shape index (κ1) is 41.5. The van der Waals surface area contributed by atoms with Gasteiger partial charge >= 0.3 is 6.18 Å². The van der Waals surface area contributed by atoms with E-state index in [0.717, 1.165) is 13.0 Å². The first-order chi connectivity index (χ1) is 19.3. The van der Waals surface area contributed by atoms with Crippen LogP contribution in [0.25, 0.3) is 0 Å². The highest BCUT2D eigenvalue weighted by atomic mass is 19.4. The van der Waals surface area contributed by atoms with E-state index in [1.165, 1.54) is 19.3 Å². The van der Waals surface area contributed by atoms with Gasteiger partial charge in [-0.15, -0.1) is 0 Å². The minimum atomic E-state index is -3.99. The predicted octanol–water partition coefficient (Wildman–Crippen LogP) is 11.9. The largest absolute Gasteiger partial charge is 0.394 e. The molecule has 4 fully saturated rings. The van der Waals surface area contributed by atoms with Crippen molar-refractivity contribution in [3.05, 3.63) is 0 Å². The van der Waals surface area contributed by atoms with Gasteiger partial charge in [0.15, 0.2) is 0 Å². The van der Waals surface area contributed by atoms with Crippen LogP contribution in [-0.4, -0.2) is 43.3 Å². The van der Waals surface area contributed by atoms with Gasteiger partial charge < -0.3 is 10.1 Å². The Bertz CT molecular complexity index is 839. The molecule has 2 heterocycles. The van der Waals surface area contributed by atoms with Gasteiger partial charge in [-0.2, -0.15) is 13.2 Å². The van der Waals surface area contributed by atoms with Gasteiger partial charge in [0.05, 0.1) is 18.1 Å². The Morgan fingerprint density at radius 1 is 0.682 bits per heavy atom. The summed E-state index contributed by atoms with van der Waals surface area (Å²) in [6.07, 6.45) is 2.26. The molecule has 1 N–H and O–H groups in total. The normalized spacial score (nSPS) is 26.2. The van der Waals surface area contributed by atoms with Crippen molar-refractivity contribution >= 4 is 0 Å². The standard InChI is InChI=1S/C9H15F3.C9H17F2N.C9H18O.C8H14F2/c1-7(2,3)6-8(4-5-8)9(10,11)12;1-8(2,3)4-7-5-9(10,11)6-12-7;1-9(2,3)7-8-5-4-6-10-8;1-7(2,3)6-4-8(9,10)5-6/h4-6H2,1-3H3;7,12H,4-6H2,1-3H3;8H,4-7H2,1-3H3;6H,4-5H2,1-3H3/t;7-;;/m.1../s1. The van der Waals surface area contributed by atoms with Gasteiger partial charge in [0.2, 0.25) is 5.92 Å². The third-order valence-corrected chi connectivity index (χ3v) is 8.56. The third kappa shape index (κ3) is 16.8. The smallest absolute Gasteiger partial charge is 0.378 e. The summed E-state index contributed by atoms with van der Waals surface area (Å²) in [6.45, 7) is 25.5. The van der Waals surface area contributed by atoms with Gasteiger partial charge in [-0.3, -0.25) is 0 Å². The van der Waals surface area contributed by atoms with Crippen molar-refractivity contribution in [3.8, 4) is 0 Å². The molecular weight excluding hydrogens is 583 g/mol. The summed E-state index contributed by atoms with van der Waals surface area (Å²) >= 11 is 0. The zero-order chi connectivity index (χ0) is 34.6. The summed E-state index contributed by atoms with van der Waals surface area (Å²) < 4.78 is 92.9. The predicted molar refractivity (Wildman–Crippen MR) is 167 cm³/mol. The molecule has 264 valence electrons. The number of hydrogen-bond donors (Lipinski definition) is 1. The highest BCUT2D eigenvalue weighted by Crippen LogP contribution is 2.62. The second-order valence-electron chi connectivity index (χ2n) is 18.6. The van der Waals surface area contributed by atoms with Gasteiger partial charge in [0.25, 0.3) is 5.92 Å². The average Bonchev–Trinajstić information content (AvgIpc) is 3.18. The topological polar surface area (TPSA) is 21.3 Å². The summed E-state index contributed by atoms with van der Waals surface area (Å²) in [5.74, 6) is -4.60. The van der Waals surface area contributed by atoms with Crippen molar-refractivity contribution in [2.45, 2.75) is 177 Å². The van der Waals surface area contributed by atoms with E-state index >= 15 is 0 Å². The summed E-state index contributed by atoms with van der Waals surface area (Å²) in [5.41, 5.74) is -0.897. The molecule has 0 radical (unpaired) electrons. The van der Waals surface area contributed by atoms with Crippen LogP contribution in [0.1, 0.15) is 147 Å². The molecule has 1 unspecified atom stereocenters. The maximum absolute atomic E-state index is 12.7. The second kappa shape index (κ2) is 14.7. The van der Waals surface area contributed by atoms with Gasteiger partial charge in [-0.05, 0) is 72.5 Å². The molecule has 2 aliphatic carbocycles. The lowest BCUT2D eigenvalue weighted by Crippen LogP contribution is -2.42. The summed E-state index contributed by atoms with van der Waals surface area (Å²) in [4.78, 5) is 0. The molecule has 4 rings (SSSR count). The lowest BCUT2D eigenvalue weighted by Gasteiger charge is -2.43. The van der Waals surface area contributed by atoms with E-state index in [9.17, 15) is 30.7 Å². The SMILES string of the molecule is CC(C)(C)C1CC(F)(F)C1.CC(C)(C)CC1(C(F)(F)F)CC1.CC(C)(C)CC1CCCO1.CC(C)(C)C[C@@H]1CC(F)(F)CN1. The van der Waals surface area contributed by atoms with E-state index in [-0.39, 0.29) is 60.4 Å². The van der Waals surface area contributed by atoms with Crippen molar-refractivity contribution < 1.29 is 35.5 Å². The number of rotatable bonds is 3. The molecule has 0 bridgehead atoms. The van der Waals surface area contributed by atoms with Gasteiger partial charge in [-0.25, -0.2) is 17.6 Å². The molecule has 0 amide bonds. The van der Waals surface area contributed by atoms with Crippen molar-refractivity contribution in [2.75, 3.05) is 13.2 Å². The monoisotopic (exact) mass is 647 g/mol. The van der Waals surface area contributed by atoms with Crippen molar-refractivity contribution in [1.82, 2.24) is 5.32 Å². The molecule has 9 heteroatoms. The summed E-state index contributed by atoms with van der Waals surface area (Å²) in [7, 11) is 0. The number of nitrogens with one attached hydrogen (secondary N) is 1. The Hall–Kier alpha value is -0.570. The molecule has 0 aromatic heterocycles. The molecular formula is C35H64F7NO. The maximum Gasteiger partial charge on any atom is 0.394 e. The Balaban J connectivity index is 0.000000294. The minimum Gasteiger partial charge on any atom is -0.378 e. The number of alkyl halides is 7. The third-order valence-electron chi connectivity index (χ3n) is 8.56. The summed E-state index contributed by atoms with van der Waals surface area (Å²) in [6, 6.07) is -0.000000000000000444. The zero-order valence-corrected chi connectivity index (χ0v) is 29.8. The van der Waals surface area contributed by atoms with Crippen molar-refractivity contribution in [1.29, 1.82) is 0 Å². The van der Waals surface area contributed by atoms with Gasteiger partial charge in [0.1, 0.15) is 0 Å². The molecule has 2 aliphatic heterocycles. The first-order valence-corrected chi connectivity index (χ1v) is 16.5. The van der Waals surface area contributed by atoms with Crippen LogP contribution in [0.5, 0.6) is 0 Å². The fourth-order valence-corrected chi connectivity index (χ4v) is 6.17. The molecule has 0 aromatic carbocycles. The zero-order valence-electron chi connectivity index (χ0n) is 29.8. The van der Waals surface area contributed by atoms with E-state index < -0.39 is 23.4 Å². The number of hydrogen-bond acceptors (Lipinski definition) is 2. The molecule has 0 spiro atoms. The Labute approximate surface area is 264 Å². The fourth-order valence-electron chi connectivity index (χ4n) is 6.17. The highest BCUT2D eigenvalue weighted by Gasteiger charge is 2.63. The molecule has 2 nitrogen and oxygen atoms in total. The molecule has 2 saturated heterocycles. The van der Waals surface area contributed by atoms with Crippen LogP contribution in [0.4, 0.5) is 30.7 Å². The lowest BCUT2D eigenvalue weighted by molar-refractivity contribution is -0.194. The molecule has 2 saturated carbocycles. The number of halogens is 7. The van der Waals surface area contributed by atoms with E-state index in [1.807, 2.05) is 41.5 Å². The van der Waals surface area contributed by atoms with Crippen LogP contribution < -0.4 is 5.32 Å². The first-order valence-electron chi connectivity index (χ1n) is 16.5. The second-order valence-corrected chi connectivity index (χ2v) is 18.6. The molecule has 4 aliphatic rings. The Morgan fingerprint density at radius 3 is 1.41 bits per heavy atom. The van der Waals surface area contributed by atoms with Gasteiger partial charge in [0, 0.05) is 31.9 Å². The van der Waals surface area contributed by atoms with E-state index in [4.69, 9.17) is 4.74 Å². The van der Waals surface area contributed by atoms with Crippen molar-refractivity contribution in [3.63, 3.8) is 0 Å². The van der Waals surface area contributed by atoms with Crippen LogP contribution in [0, 0.1) is 33.0 Å². The van der Waals surface area contributed by atoms with Crippen LogP contribution in [0.15, 0.2) is 0 Å². The summed E-state index contributed by atoms with van der Waals surface area (Å²) in [5, 5.41) is 2.85. The van der Waals surface area contributed by atoms with Crippen LogP contribution in [0.2, 0.25) is 0 Å².